The lowest BCUT2D eigenvalue weighted by Gasteiger charge is -2.00. The fraction of sp³-hybridized carbons (Fsp3) is 0.214. The van der Waals surface area contributed by atoms with Crippen LogP contribution in [0.4, 0.5) is 0 Å². The molecular formula is C14H13N3O2. The fourth-order valence-corrected chi connectivity index (χ4v) is 1.91. The van der Waals surface area contributed by atoms with E-state index < -0.39 is 5.97 Å². The summed E-state index contributed by atoms with van der Waals surface area (Å²) in [5, 5.41) is 0. The summed E-state index contributed by atoms with van der Waals surface area (Å²) in [6.45, 7) is 3.67. The average Bonchev–Trinajstić information content (AvgIpc) is 2.76. The van der Waals surface area contributed by atoms with Gasteiger partial charge in [0.25, 0.3) is 0 Å². The molecule has 19 heavy (non-hydrogen) atoms. The van der Waals surface area contributed by atoms with Crippen molar-refractivity contribution in [1.29, 1.82) is 0 Å². The van der Waals surface area contributed by atoms with Gasteiger partial charge in [-0.2, -0.15) is 4.79 Å². The van der Waals surface area contributed by atoms with Gasteiger partial charge in [-0.1, -0.05) is 30.3 Å². The molecule has 5 nitrogen and oxygen atoms in total. The smallest absolute Gasteiger partial charge is 0.357 e. The molecule has 0 radical (unpaired) electrons. The normalized spacial score (nSPS) is 14.2. The van der Waals surface area contributed by atoms with Crippen LogP contribution < -0.4 is 0 Å². The van der Waals surface area contributed by atoms with Crippen molar-refractivity contribution in [2.75, 3.05) is 6.61 Å². The van der Waals surface area contributed by atoms with E-state index in [2.05, 4.69) is 9.78 Å². The summed E-state index contributed by atoms with van der Waals surface area (Å²) in [4.78, 5) is 19.4. The van der Waals surface area contributed by atoms with Crippen LogP contribution in [0.2, 0.25) is 0 Å². The predicted molar refractivity (Wildman–Crippen MR) is 70.9 cm³/mol. The Morgan fingerprint density at radius 3 is 2.63 bits per heavy atom. The molecule has 0 saturated carbocycles. The van der Waals surface area contributed by atoms with Gasteiger partial charge in [0.05, 0.1) is 12.3 Å². The molecule has 0 aromatic heterocycles. The third-order valence-electron chi connectivity index (χ3n) is 2.73. The van der Waals surface area contributed by atoms with Crippen molar-refractivity contribution in [1.82, 2.24) is 0 Å². The van der Waals surface area contributed by atoms with E-state index in [0.717, 1.165) is 5.56 Å². The number of hydrogen-bond acceptors (Lipinski definition) is 3. The summed E-state index contributed by atoms with van der Waals surface area (Å²) >= 11 is 0. The van der Waals surface area contributed by atoms with Crippen molar-refractivity contribution in [2.45, 2.75) is 13.8 Å². The van der Waals surface area contributed by atoms with E-state index in [0.29, 0.717) is 11.4 Å². The van der Waals surface area contributed by atoms with E-state index in [-0.39, 0.29) is 17.9 Å². The molecule has 1 aliphatic heterocycles. The van der Waals surface area contributed by atoms with Gasteiger partial charge < -0.3 is 10.3 Å². The molecule has 0 fully saturated rings. The van der Waals surface area contributed by atoms with Gasteiger partial charge in [-0.25, -0.2) is 9.79 Å². The summed E-state index contributed by atoms with van der Waals surface area (Å²) in [6.07, 6.45) is 0. The Bertz CT molecular complexity index is 623. The molecule has 1 aromatic carbocycles. The number of allylic oxidation sites excluding steroid dienone is 1. The van der Waals surface area contributed by atoms with Crippen molar-refractivity contribution in [3.05, 3.63) is 52.7 Å². The number of carbonyl (C=O) groups is 1. The van der Waals surface area contributed by atoms with Crippen LogP contribution in [0.3, 0.4) is 0 Å². The topological polar surface area (TPSA) is 75.1 Å². The molecule has 0 bridgehead atoms. The second kappa shape index (κ2) is 5.42. The first-order valence-electron chi connectivity index (χ1n) is 5.94. The zero-order chi connectivity index (χ0) is 13.8. The summed E-state index contributed by atoms with van der Waals surface area (Å²) in [7, 11) is 0. The number of ether oxygens (including phenoxy) is 1. The first-order chi connectivity index (χ1) is 9.19. The van der Waals surface area contributed by atoms with Gasteiger partial charge in [0, 0.05) is 5.56 Å². The van der Waals surface area contributed by atoms with Crippen LogP contribution in [-0.2, 0) is 9.53 Å². The number of esters is 1. The number of aliphatic imine (C=N–C) groups is 1. The molecule has 0 aliphatic carbocycles. The molecule has 5 heteroatoms. The van der Waals surface area contributed by atoms with Gasteiger partial charge in [-0.15, -0.1) is 0 Å². The molecule has 0 unspecified atom stereocenters. The molecule has 0 spiro atoms. The second-order valence-electron chi connectivity index (χ2n) is 3.96. The van der Waals surface area contributed by atoms with Gasteiger partial charge in [0.2, 0.25) is 0 Å². The minimum absolute atomic E-state index is 0.155. The Hall–Kier alpha value is -2.52. The van der Waals surface area contributed by atoms with Crippen LogP contribution in [0, 0.1) is 0 Å². The molecule has 0 amide bonds. The maximum atomic E-state index is 11.9. The van der Waals surface area contributed by atoms with Crippen LogP contribution in [0.25, 0.3) is 5.53 Å². The van der Waals surface area contributed by atoms with Crippen LogP contribution in [-0.4, -0.2) is 28.8 Å². The van der Waals surface area contributed by atoms with E-state index in [1.54, 1.807) is 13.8 Å². The van der Waals surface area contributed by atoms with Crippen LogP contribution in [0.15, 0.2) is 46.6 Å². The molecule has 2 rings (SSSR count). The van der Waals surface area contributed by atoms with Gasteiger partial charge in [0.1, 0.15) is 0 Å². The highest BCUT2D eigenvalue weighted by atomic mass is 16.5. The quantitative estimate of drug-likeness (QED) is 0.470. The highest BCUT2D eigenvalue weighted by Gasteiger charge is 2.37. The first-order valence-corrected chi connectivity index (χ1v) is 5.94. The number of hydrogen-bond donors (Lipinski definition) is 0. The minimum Gasteiger partial charge on any atom is -0.462 e. The summed E-state index contributed by atoms with van der Waals surface area (Å²) in [5.41, 5.74) is 11.3. The van der Waals surface area contributed by atoms with Gasteiger partial charge >= 0.3 is 11.7 Å². The van der Waals surface area contributed by atoms with Crippen molar-refractivity contribution < 1.29 is 14.3 Å². The Labute approximate surface area is 110 Å². The average molecular weight is 255 g/mol. The Morgan fingerprint density at radius 1 is 1.37 bits per heavy atom. The highest BCUT2D eigenvalue weighted by molar-refractivity contribution is 6.57. The van der Waals surface area contributed by atoms with Crippen molar-refractivity contribution in [3.8, 4) is 0 Å². The second-order valence-corrected chi connectivity index (χ2v) is 3.96. The van der Waals surface area contributed by atoms with Crippen LogP contribution in [0.5, 0.6) is 0 Å². The summed E-state index contributed by atoms with van der Waals surface area (Å²) < 4.78 is 4.95. The van der Waals surface area contributed by atoms with Gasteiger partial charge in [0.15, 0.2) is 11.3 Å². The lowest BCUT2D eigenvalue weighted by molar-refractivity contribution is -0.138. The van der Waals surface area contributed by atoms with Crippen LogP contribution in [0.1, 0.15) is 19.4 Å². The van der Waals surface area contributed by atoms with Gasteiger partial charge in [-0.3, -0.25) is 0 Å². The molecule has 1 heterocycles. The third kappa shape index (κ3) is 2.37. The maximum absolute atomic E-state index is 11.9. The standard InChI is InChI=1S/C14H13N3O2/c1-3-19-14(18)11-9(2)16-12(13(11)17-15)10-7-5-4-6-8-10/h4-8H,3H2,1-2H3. The number of carbonyl (C=O) groups excluding carboxylic acids is 1. The van der Waals surface area contributed by atoms with Crippen molar-refractivity contribution in [2.24, 2.45) is 4.99 Å². The molecule has 0 saturated heterocycles. The SMILES string of the molecule is CCOC(=O)C1=C(C)N=C(c2ccccc2)C1=[N+]=[N-]. The minimum atomic E-state index is -0.525. The highest BCUT2D eigenvalue weighted by Crippen LogP contribution is 2.21. The van der Waals surface area contributed by atoms with Crippen molar-refractivity contribution >= 4 is 17.4 Å². The van der Waals surface area contributed by atoms with Crippen molar-refractivity contribution in [3.63, 3.8) is 0 Å². The molecule has 0 N–H and O–H groups in total. The first kappa shape index (κ1) is 12.9. The lowest BCUT2D eigenvalue weighted by atomic mass is 10.0. The monoisotopic (exact) mass is 255 g/mol. The Morgan fingerprint density at radius 2 is 2.05 bits per heavy atom. The summed E-state index contributed by atoms with van der Waals surface area (Å²) in [5.74, 6) is -0.525. The lowest BCUT2D eigenvalue weighted by Crippen LogP contribution is -2.22. The molecule has 96 valence electrons. The third-order valence-corrected chi connectivity index (χ3v) is 2.73. The number of rotatable bonds is 3. The zero-order valence-corrected chi connectivity index (χ0v) is 10.8. The molecule has 0 atom stereocenters. The van der Waals surface area contributed by atoms with Crippen LogP contribution >= 0.6 is 0 Å². The van der Waals surface area contributed by atoms with E-state index in [9.17, 15) is 4.79 Å². The maximum Gasteiger partial charge on any atom is 0.357 e. The Kier molecular flexibility index (Phi) is 3.68. The fourth-order valence-electron chi connectivity index (χ4n) is 1.91. The molecule has 1 aliphatic rings. The van der Waals surface area contributed by atoms with E-state index in [1.165, 1.54) is 0 Å². The zero-order valence-electron chi connectivity index (χ0n) is 10.8. The Balaban J connectivity index is 2.42. The predicted octanol–water partition coefficient (Wildman–Crippen LogP) is 2.00. The van der Waals surface area contributed by atoms with E-state index >= 15 is 0 Å². The van der Waals surface area contributed by atoms with Gasteiger partial charge in [-0.05, 0) is 13.8 Å². The largest absolute Gasteiger partial charge is 0.462 e. The number of benzene rings is 1. The summed E-state index contributed by atoms with van der Waals surface area (Å²) in [6, 6.07) is 9.26. The van der Waals surface area contributed by atoms with E-state index in [1.807, 2.05) is 30.3 Å². The van der Waals surface area contributed by atoms with E-state index in [4.69, 9.17) is 10.3 Å². The molecular weight excluding hydrogens is 242 g/mol. The number of nitrogens with zero attached hydrogens (tertiary/aromatic N) is 3. The molecule has 1 aromatic rings.